The van der Waals surface area contributed by atoms with Crippen molar-refractivity contribution in [1.29, 1.82) is 0 Å². The number of H-pyrrole nitrogens is 1. The van der Waals surface area contributed by atoms with E-state index in [4.69, 9.17) is 4.98 Å². The molecular weight excluding hydrogens is 300 g/mol. The van der Waals surface area contributed by atoms with E-state index in [-0.39, 0.29) is 11.9 Å². The number of aromatic nitrogens is 3. The van der Waals surface area contributed by atoms with E-state index in [1.807, 2.05) is 41.6 Å². The van der Waals surface area contributed by atoms with Crippen LogP contribution in [-0.4, -0.2) is 31.9 Å². The summed E-state index contributed by atoms with van der Waals surface area (Å²) in [7, 11) is 1.94. The second-order valence-corrected chi connectivity index (χ2v) is 6.72. The molecule has 124 valence electrons. The molecule has 24 heavy (non-hydrogen) atoms. The second kappa shape index (κ2) is 5.51. The average molecular weight is 322 g/mol. The van der Waals surface area contributed by atoms with E-state index in [1.54, 1.807) is 0 Å². The minimum Gasteiger partial charge on any atom is -0.344 e. The predicted molar refractivity (Wildman–Crippen MR) is 94.0 cm³/mol. The highest BCUT2D eigenvalue weighted by atomic mass is 16.2. The summed E-state index contributed by atoms with van der Waals surface area (Å²) >= 11 is 0. The molecular formula is C19H22N4O. The maximum Gasteiger partial charge on any atom is 0.271 e. The third kappa shape index (κ3) is 2.31. The van der Waals surface area contributed by atoms with Crippen molar-refractivity contribution >= 4 is 16.9 Å². The third-order valence-electron chi connectivity index (χ3n) is 5.08. The van der Waals surface area contributed by atoms with Gasteiger partial charge in [0.25, 0.3) is 5.91 Å². The van der Waals surface area contributed by atoms with Crippen molar-refractivity contribution in [3.05, 3.63) is 53.1 Å². The van der Waals surface area contributed by atoms with Gasteiger partial charge in [0.05, 0.1) is 17.1 Å². The number of rotatable bonds is 2. The van der Waals surface area contributed by atoms with Crippen molar-refractivity contribution in [2.24, 2.45) is 7.05 Å². The van der Waals surface area contributed by atoms with Crippen LogP contribution in [0, 0.1) is 13.8 Å². The number of hydrogen-bond donors (Lipinski definition) is 1. The number of benzene rings is 1. The molecule has 1 saturated heterocycles. The number of fused-ring (bicyclic) bond motifs is 1. The highest BCUT2D eigenvalue weighted by Gasteiger charge is 2.33. The molecule has 1 N–H and O–H groups in total. The molecule has 0 saturated carbocycles. The Morgan fingerprint density at radius 3 is 2.83 bits per heavy atom. The van der Waals surface area contributed by atoms with Gasteiger partial charge in [0, 0.05) is 19.3 Å². The molecule has 0 aliphatic carbocycles. The van der Waals surface area contributed by atoms with Crippen LogP contribution < -0.4 is 0 Å². The van der Waals surface area contributed by atoms with Crippen LogP contribution in [0.25, 0.3) is 11.0 Å². The highest BCUT2D eigenvalue weighted by molar-refractivity contribution is 5.93. The molecule has 1 amide bonds. The lowest BCUT2D eigenvalue weighted by molar-refractivity contribution is 0.0720. The first-order valence-electron chi connectivity index (χ1n) is 8.44. The summed E-state index contributed by atoms with van der Waals surface area (Å²) < 4.78 is 1.96. The van der Waals surface area contributed by atoms with Gasteiger partial charge in [-0.2, -0.15) is 0 Å². The third-order valence-corrected chi connectivity index (χ3v) is 5.08. The van der Waals surface area contributed by atoms with Gasteiger partial charge in [-0.1, -0.05) is 6.07 Å². The number of aryl methyl sites for hydroxylation is 2. The average Bonchev–Trinajstić information content (AvgIpc) is 3.26. The SMILES string of the molecule is Cc1ccc2nc([C@H]3CCCN3C(=O)c3ccc(C)n3C)[nH]c2c1. The van der Waals surface area contributed by atoms with Gasteiger partial charge in [-0.05, 0) is 56.5 Å². The van der Waals surface area contributed by atoms with Crippen LogP contribution in [0.4, 0.5) is 0 Å². The summed E-state index contributed by atoms with van der Waals surface area (Å²) in [5, 5.41) is 0. The van der Waals surface area contributed by atoms with Crippen LogP contribution in [0.5, 0.6) is 0 Å². The zero-order chi connectivity index (χ0) is 16.8. The topological polar surface area (TPSA) is 53.9 Å². The van der Waals surface area contributed by atoms with Crippen LogP contribution in [0.2, 0.25) is 0 Å². The summed E-state index contributed by atoms with van der Waals surface area (Å²) in [6.07, 6.45) is 1.96. The van der Waals surface area contributed by atoms with E-state index in [2.05, 4.69) is 24.0 Å². The second-order valence-electron chi connectivity index (χ2n) is 6.72. The number of carbonyl (C=O) groups excluding carboxylic acids is 1. The Bertz CT molecular complexity index is 921. The van der Waals surface area contributed by atoms with Crippen LogP contribution in [0.1, 0.15) is 46.5 Å². The van der Waals surface area contributed by atoms with Crippen LogP contribution in [0.3, 0.4) is 0 Å². The monoisotopic (exact) mass is 322 g/mol. The normalized spacial score (nSPS) is 17.8. The van der Waals surface area contributed by atoms with Gasteiger partial charge in [0.1, 0.15) is 11.5 Å². The van der Waals surface area contributed by atoms with E-state index in [9.17, 15) is 4.79 Å². The lowest BCUT2D eigenvalue weighted by Crippen LogP contribution is -2.32. The Hall–Kier alpha value is -2.56. The Morgan fingerprint density at radius 2 is 2.08 bits per heavy atom. The predicted octanol–water partition coefficient (Wildman–Crippen LogP) is 3.50. The van der Waals surface area contributed by atoms with Gasteiger partial charge in [-0.15, -0.1) is 0 Å². The van der Waals surface area contributed by atoms with Crippen LogP contribution in [0.15, 0.2) is 30.3 Å². The van der Waals surface area contributed by atoms with E-state index >= 15 is 0 Å². The molecule has 1 fully saturated rings. The Labute approximate surface area is 141 Å². The van der Waals surface area contributed by atoms with Crippen molar-refractivity contribution in [3.63, 3.8) is 0 Å². The number of amides is 1. The Kier molecular flexibility index (Phi) is 3.44. The van der Waals surface area contributed by atoms with Crippen molar-refractivity contribution in [1.82, 2.24) is 19.4 Å². The fraction of sp³-hybridized carbons (Fsp3) is 0.368. The maximum absolute atomic E-state index is 13.0. The van der Waals surface area contributed by atoms with Gasteiger partial charge in [-0.3, -0.25) is 4.79 Å². The Balaban J connectivity index is 1.68. The first kappa shape index (κ1) is 15.0. The molecule has 0 spiro atoms. The molecule has 1 aliphatic rings. The molecule has 3 heterocycles. The first-order chi connectivity index (χ1) is 11.5. The number of likely N-dealkylation sites (tertiary alicyclic amines) is 1. The fourth-order valence-electron chi connectivity index (χ4n) is 3.57. The van der Waals surface area contributed by atoms with Gasteiger partial charge in [0.2, 0.25) is 0 Å². The van der Waals surface area contributed by atoms with Crippen molar-refractivity contribution in [3.8, 4) is 0 Å². The maximum atomic E-state index is 13.0. The fourth-order valence-corrected chi connectivity index (χ4v) is 3.57. The molecule has 2 aromatic heterocycles. The van der Waals surface area contributed by atoms with Gasteiger partial charge in [0.15, 0.2) is 0 Å². The number of hydrogen-bond acceptors (Lipinski definition) is 2. The molecule has 0 bridgehead atoms. The van der Waals surface area contributed by atoms with Crippen molar-refractivity contribution < 1.29 is 4.79 Å². The van der Waals surface area contributed by atoms with E-state index < -0.39 is 0 Å². The van der Waals surface area contributed by atoms with Gasteiger partial charge >= 0.3 is 0 Å². The molecule has 1 atom stereocenters. The summed E-state index contributed by atoms with van der Waals surface area (Å²) in [5.41, 5.74) is 5.04. The standard InChI is InChI=1S/C19H22N4O/c1-12-6-8-14-15(11-12)21-18(20-14)16-5-4-10-23(16)19(24)17-9-7-13(2)22(17)3/h6-9,11,16H,4-5,10H2,1-3H3,(H,20,21)/t16-/m1/s1. The number of aromatic amines is 1. The summed E-state index contributed by atoms with van der Waals surface area (Å²) in [6.45, 7) is 4.87. The molecule has 5 heteroatoms. The lowest BCUT2D eigenvalue weighted by atomic mass is 10.2. The molecule has 4 rings (SSSR count). The smallest absolute Gasteiger partial charge is 0.271 e. The highest BCUT2D eigenvalue weighted by Crippen LogP contribution is 2.33. The molecule has 0 unspecified atom stereocenters. The molecule has 1 aliphatic heterocycles. The zero-order valence-electron chi connectivity index (χ0n) is 14.3. The molecule has 0 radical (unpaired) electrons. The van der Waals surface area contributed by atoms with Crippen LogP contribution in [-0.2, 0) is 7.05 Å². The van der Waals surface area contributed by atoms with E-state index in [1.165, 1.54) is 5.56 Å². The lowest BCUT2D eigenvalue weighted by Gasteiger charge is -2.23. The number of nitrogens with one attached hydrogen (secondary N) is 1. The summed E-state index contributed by atoms with van der Waals surface area (Å²) in [5.74, 6) is 0.983. The van der Waals surface area contributed by atoms with E-state index in [0.29, 0.717) is 0 Å². The van der Waals surface area contributed by atoms with Crippen molar-refractivity contribution in [2.45, 2.75) is 32.7 Å². The van der Waals surface area contributed by atoms with Gasteiger partial charge in [-0.25, -0.2) is 4.98 Å². The molecule has 5 nitrogen and oxygen atoms in total. The van der Waals surface area contributed by atoms with E-state index in [0.717, 1.165) is 47.6 Å². The van der Waals surface area contributed by atoms with Gasteiger partial charge < -0.3 is 14.5 Å². The quantitative estimate of drug-likeness (QED) is 0.785. The number of nitrogens with zero attached hydrogens (tertiary/aromatic N) is 3. The minimum atomic E-state index is 0.0282. The molecule has 3 aromatic rings. The first-order valence-corrected chi connectivity index (χ1v) is 8.44. The minimum absolute atomic E-state index is 0.0282. The number of carbonyl (C=O) groups is 1. The van der Waals surface area contributed by atoms with Crippen molar-refractivity contribution in [2.75, 3.05) is 6.54 Å². The summed E-state index contributed by atoms with van der Waals surface area (Å²) in [4.78, 5) is 23.1. The number of imidazole rings is 1. The largest absolute Gasteiger partial charge is 0.344 e. The Morgan fingerprint density at radius 1 is 1.25 bits per heavy atom. The summed E-state index contributed by atoms with van der Waals surface area (Å²) in [6, 6.07) is 10.1. The molecule has 1 aromatic carbocycles. The zero-order valence-corrected chi connectivity index (χ0v) is 14.3. The van der Waals surface area contributed by atoms with Crippen LogP contribution >= 0.6 is 0 Å².